The van der Waals surface area contributed by atoms with Gasteiger partial charge in [-0.3, -0.25) is 4.98 Å². The molecule has 0 unspecified atom stereocenters. The highest BCUT2D eigenvalue weighted by Crippen LogP contribution is 2.33. The second-order valence-electron chi connectivity index (χ2n) is 5.96. The van der Waals surface area contributed by atoms with Crippen molar-refractivity contribution in [2.24, 2.45) is 0 Å². The molecule has 1 aromatic heterocycles. The second kappa shape index (κ2) is 7.50. The topological polar surface area (TPSA) is 53.5 Å². The smallest absolute Gasteiger partial charge is 0.243 e. The molecule has 25 heavy (non-hydrogen) atoms. The first-order valence-electron chi connectivity index (χ1n) is 8.01. The van der Waals surface area contributed by atoms with Crippen LogP contribution in [0.3, 0.4) is 0 Å². The van der Waals surface area contributed by atoms with Gasteiger partial charge in [-0.2, -0.15) is 4.31 Å². The molecule has 5 nitrogen and oxygen atoms in total. The van der Waals surface area contributed by atoms with Crippen LogP contribution in [0.1, 0.15) is 12.0 Å². The molecule has 2 aromatic rings. The zero-order chi connectivity index (χ0) is 18.0. The number of pyridine rings is 1. The Balaban J connectivity index is 1.84. The van der Waals surface area contributed by atoms with Crippen LogP contribution in [0.2, 0.25) is 10.0 Å². The Morgan fingerprint density at radius 2 is 1.68 bits per heavy atom. The lowest BCUT2D eigenvalue weighted by Gasteiger charge is -2.25. The third kappa shape index (κ3) is 3.77. The van der Waals surface area contributed by atoms with E-state index in [1.807, 2.05) is 24.0 Å². The summed E-state index contributed by atoms with van der Waals surface area (Å²) in [5.74, 6) is 0. The van der Waals surface area contributed by atoms with Crippen LogP contribution in [-0.2, 0) is 10.0 Å². The predicted octanol–water partition coefficient (Wildman–Crippen LogP) is 3.60. The molecule has 1 aliphatic rings. The third-order valence-corrected chi connectivity index (χ3v) is 6.92. The van der Waals surface area contributed by atoms with Crippen molar-refractivity contribution in [1.29, 1.82) is 0 Å². The number of aryl methyl sites for hydroxylation is 1. The second-order valence-corrected chi connectivity index (χ2v) is 8.68. The third-order valence-electron chi connectivity index (χ3n) is 4.31. The number of rotatable bonds is 3. The number of anilines is 1. The molecule has 0 saturated carbocycles. The molecule has 134 valence electrons. The van der Waals surface area contributed by atoms with E-state index in [0.29, 0.717) is 53.2 Å². The highest BCUT2D eigenvalue weighted by Gasteiger charge is 2.28. The van der Waals surface area contributed by atoms with Crippen LogP contribution in [0.5, 0.6) is 0 Å². The molecule has 1 saturated heterocycles. The van der Waals surface area contributed by atoms with Crippen LogP contribution in [0.4, 0.5) is 5.69 Å². The maximum Gasteiger partial charge on any atom is 0.243 e. The lowest BCUT2D eigenvalue weighted by molar-refractivity contribution is 0.433. The number of benzene rings is 1. The Labute approximate surface area is 158 Å². The van der Waals surface area contributed by atoms with E-state index in [-0.39, 0.29) is 0 Å². The molecule has 8 heteroatoms. The normalized spacial score (nSPS) is 16.7. The summed E-state index contributed by atoms with van der Waals surface area (Å²) in [5, 5.41) is 0.949. The van der Waals surface area contributed by atoms with Gasteiger partial charge < -0.3 is 4.90 Å². The number of sulfonamides is 1. The van der Waals surface area contributed by atoms with Crippen molar-refractivity contribution in [3.05, 3.63) is 52.3 Å². The lowest BCUT2D eigenvalue weighted by atomic mass is 10.2. The summed E-state index contributed by atoms with van der Waals surface area (Å²) >= 11 is 12.5. The summed E-state index contributed by atoms with van der Waals surface area (Å²) in [5.41, 5.74) is 1.47. The summed E-state index contributed by atoms with van der Waals surface area (Å²) < 4.78 is 27.5. The Bertz CT molecular complexity index is 854. The number of hydrogen-bond acceptors (Lipinski definition) is 4. The van der Waals surface area contributed by atoms with Crippen molar-refractivity contribution < 1.29 is 8.42 Å². The minimum atomic E-state index is -3.51. The number of hydrogen-bond donors (Lipinski definition) is 0. The molecule has 3 rings (SSSR count). The highest BCUT2D eigenvalue weighted by molar-refractivity contribution is 7.89. The van der Waals surface area contributed by atoms with Crippen molar-refractivity contribution in [3.8, 4) is 0 Å². The summed E-state index contributed by atoms with van der Waals surface area (Å²) in [6, 6.07) is 7.06. The Morgan fingerprint density at radius 1 is 1.00 bits per heavy atom. The molecule has 0 radical (unpaired) electrons. The summed E-state index contributed by atoms with van der Waals surface area (Å²) in [7, 11) is -3.51. The fourth-order valence-electron chi connectivity index (χ4n) is 3.05. The van der Waals surface area contributed by atoms with Crippen molar-refractivity contribution in [2.45, 2.75) is 18.2 Å². The minimum absolute atomic E-state index is 0.364. The quantitative estimate of drug-likeness (QED) is 0.790. The molecule has 0 bridgehead atoms. The molecule has 2 heterocycles. The number of aromatic nitrogens is 1. The molecule has 0 N–H and O–H groups in total. The zero-order valence-electron chi connectivity index (χ0n) is 13.8. The number of nitrogens with zero attached hydrogens (tertiary/aromatic N) is 3. The van der Waals surface area contributed by atoms with Gasteiger partial charge in [0.15, 0.2) is 0 Å². The Kier molecular flexibility index (Phi) is 5.53. The first-order valence-corrected chi connectivity index (χ1v) is 10.2. The van der Waals surface area contributed by atoms with Gasteiger partial charge in [-0.25, -0.2) is 8.42 Å². The van der Waals surface area contributed by atoms with E-state index >= 15 is 0 Å². The molecule has 1 aromatic carbocycles. The van der Waals surface area contributed by atoms with Crippen LogP contribution >= 0.6 is 23.2 Å². The van der Waals surface area contributed by atoms with Gasteiger partial charge in [0, 0.05) is 38.6 Å². The Morgan fingerprint density at radius 3 is 2.36 bits per heavy atom. The van der Waals surface area contributed by atoms with Gasteiger partial charge in [-0.05, 0) is 25.0 Å². The summed E-state index contributed by atoms with van der Waals surface area (Å²) in [6.45, 7) is 3.87. The molecule has 0 spiro atoms. The fraction of sp³-hybridized carbons (Fsp3) is 0.353. The summed E-state index contributed by atoms with van der Waals surface area (Å²) in [6.07, 6.45) is 3.80. The average molecular weight is 400 g/mol. The molecule has 0 aliphatic carbocycles. The first-order chi connectivity index (χ1) is 11.9. The predicted molar refractivity (Wildman–Crippen MR) is 101 cm³/mol. The van der Waals surface area contributed by atoms with Crippen molar-refractivity contribution in [1.82, 2.24) is 9.29 Å². The van der Waals surface area contributed by atoms with Gasteiger partial charge in [-0.15, -0.1) is 0 Å². The van der Waals surface area contributed by atoms with Crippen molar-refractivity contribution in [2.75, 3.05) is 31.1 Å². The van der Waals surface area contributed by atoms with E-state index < -0.39 is 10.0 Å². The monoisotopic (exact) mass is 399 g/mol. The van der Waals surface area contributed by atoms with Crippen LogP contribution in [0.25, 0.3) is 0 Å². The molecule has 0 amide bonds. The number of halogens is 2. The van der Waals surface area contributed by atoms with Gasteiger partial charge in [-0.1, -0.05) is 41.4 Å². The van der Waals surface area contributed by atoms with Crippen LogP contribution in [-0.4, -0.2) is 43.9 Å². The Hall–Kier alpha value is -1.34. The standard InChI is InChI=1S/C17H19Cl2N3O2S/c1-13-5-2-3-6-16(13)25(23,24)22-8-4-7-21(9-10-22)17-14(18)11-20-12-15(17)19/h2-3,5-6,11-12H,4,7-10H2,1H3. The van der Waals surface area contributed by atoms with Crippen LogP contribution in [0, 0.1) is 6.92 Å². The first kappa shape index (κ1) is 18.5. The maximum atomic E-state index is 13.0. The molecule has 1 aliphatic heterocycles. The van der Waals surface area contributed by atoms with E-state index in [1.165, 1.54) is 0 Å². The molecule has 0 atom stereocenters. The van der Waals surface area contributed by atoms with E-state index in [0.717, 1.165) is 5.56 Å². The highest BCUT2D eigenvalue weighted by atomic mass is 35.5. The van der Waals surface area contributed by atoms with Gasteiger partial charge in [0.1, 0.15) is 0 Å². The van der Waals surface area contributed by atoms with Gasteiger partial charge >= 0.3 is 0 Å². The van der Waals surface area contributed by atoms with Gasteiger partial charge in [0.2, 0.25) is 10.0 Å². The van der Waals surface area contributed by atoms with Crippen LogP contribution in [0.15, 0.2) is 41.6 Å². The van der Waals surface area contributed by atoms with Gasteiger partial charge in [0.25, 0.3) is 0 Å². The van der Waals surface area contributed by atoms with Gasteiger partial charge in [0.05, 0.1) is 20.6 Å². The van der Waals surface area contributed by atoms with E-state index in [4.69, 9.17) is 23.2 Å². The summed E-state index contributed by atoms with van der Waals surface area (Å²) in [4.78, 5) is 6.36. The SMILES string of the molecule is Cc1ccccc1S(=O)(=O)N1CCCN(c2c(Cl)cncc2Cl)CC1. The minimum Gasteiger partial charge on any atom is -0.368 e. The molecule has 1 fully saturated rings. The zero-order valence-corrected chi connectivity index (χ0v) is 16.2. The van der Waals surface area contributed by atoms with Crippen LogP contribution < -0.4 is 4.90 Å². The van der Waals surface area contributed by atoms with E-state index in [2.05, 4.69) is 4.98 Å². The van der Waals surface area contributed by atoms with Crippen molar-refractivity contribution >= 4 is 38.9 Å². The largest absolute Gasteiger partial charge is 0.368 e. The molecular formula is C17H19Cl2N3O2S. The molecular weight excluding hydrogens is 381 g/mol. The maximum absolute atomic E-state index is 13.0. The average Bonchev–Trinajstić information content (AvgIpc) is 2.81. The van der Waals surface area contributed by atoms with Crippen molar-refractivity contribution in [3.63, 3.8) is 0 Å². The van der Waals surface area contributed by atoms with E-state index in [1.54, 1.807) is 28.8 Å². The fourth-order valence-corrected chi connectivity index (χ4v) is 5.35. The lowest BCUT2D eigenvalue weighted by Crippen LogP contribution is -2.35. The van der Waals surface area contributed by atoms with E-state index in [9.17, 15) is 8.42 Å².